The minimum atomic E-state index is -3.00. The van der Waals surface area contributed by atoms with Crippen LogP contribution in [-0.4, -0.2) is 45.8 Å². The fourth-order valence-corrected chi connectivity index (χ4v) is 2.24. The highest BCUT2D eigenvalue weighted by Gasteiger charge is 2.20. The number of hydrogen-bond donors (Lipinski definition) is 1. The highest BCUT2D eigenvalue weighted by Crippen LogP contribution is 2.16. The second-order valence-corrected chi connectivity index (χ2v) is 5.56. The van der Waals surface area contributed by atoms with Gasteiger partial charge in [-0.3, -0.25) is 0 Å². The molecule has 1 heterocycles. The van der Waals surface area contributed by atoms with E-state index in [1.165, 1.54) is 19.1 Å². The quantitative estimate of drug-likeness (QED) is 0.705. The number of nitrogens with zero attached hydrogens (tertiary/aromatic N) is 1. The molecule has 0 saturated carbocycles. The van der Waals surface area contributed by atoms with E-state index in [4.69, 9.17) is 0 Å². The van der Waals surface area contributed by atoms with Crippen LogP contribution in [0.3, 0.4) is 0 Å². The third-order valence-electron chi connectivity index (χ3n) is 2.51. The van der Waals surface area contributed by atoms with E-state index in [9.17, 15) is 8.42 Å². The second kappa shape index (κ2) is 4.39. The van der Waals surface area contributed by atoms with Gasteiger partial charge in [0.05, 0.1) is 6.26 Å². The van der Waals surface area contributed by atoms with Crippen molar-refractivity contribution in [2.75, 3.05) is 26.4 Å². The first kappa shape index (κ1) is 10.9. The van der Waals surface area contributed by atoms with Crippen LogP contribution in [0.25, 0.3) is 0 Å². The zero-order chi connectivity index (χ0) is 9.90. The molecule has 0 aliphatic carbocycles. The van der Waals surface area contributed by atoms with Crippen LogP contribution in [0.5, 0.6) is 0 Å². The van der Waals surface area contributed by atoms with Crippen LogP contribution >= 0.6 is 0 Å². The van der Waals surface area contributed by atoms with Crippen LogP contribution in [0.15, 0.2) is 0 Å². The Hall–Kier alpha value is -0.130. The second-order valence-electron chi connectivity index (χ2n) is 3.73. The molecule has 4 nitrogen and oxygen atoms in total. The first-order chi connectivity index (χ1) is 5.99. The van der Waals surface area contributed by atoms with E-state index in [0.29, 0.717) is 12.6 Å². The molecule has 1 rings (SSSR count). The molecule has 0 aromatic carbocycles. The van der Waals surface area contributed by atoms with Gasteiger partial charge in [0.15, 0.2) is 0 Å². The Bertz CT molecular complexity index is 251. The van der Waals surface area contributed by atoms with Gasteiger partial charge in [-0.25, -0.2) is 13.1 Å². The van der Waals surface area contributed by atoms with E-state index in [2.05, 4.69) is 16.7 Å². The molecular weight excluding hydrogens is 188 g/mol. The van der Waals surface area contributed by atoms with Crippen LogP contribution in [0.2, 0.25) is 0 Å². The largest absolute Gasteiger partial charge is 0.303 e. The lowest BCUT2D eigenvalue weighted by molar-refractivity contribution is 0.297. The molecule has 1 unspecified atom stereocenters. The maximum Gasteiger partial charge on any atom is 0.208 e. The lowest BCUT2D eigenvalue weighted by Gasteiger charge is -2.18. The molecule has 13 heavy (non-hydrogen) atoms. The third kappa shape index (κ3) is 4.06. The molecule has 1 N–H and O–H groups in total. The molecule has 0 aromatic rings. The number of sulfonamides is 1. The molecule has 1 fully saturated rings. The average Bonchev–Trinajstić information content (AvgIpc) is 2.34. The number of rotatable bonds is 4. The Balaban J connectivity index is 2.19. The zero-order valence-corrected chi connectivity index (χ0v) is 9.10. The Kier molecular flexibility index (Phi) is 3.70. The van der Waals surface area contributed by atoms with E-state index in [1.807, 2.05) is 0 Å². The van der Waals surface area contributed by atoms with Crippen molar-refractivity contribution in [1.82, 2.24) is 9.62 Å². The Morgan fingerprint density at radius 1 is 1.54 bits per heavy atom. The molecule has 1 atom stereocenters. The van der Waals surface area contributed by atoms with Gasteiger partial charge in [0.1, 0.15) is 0 Å². The average molecular weight is 206 g/mol. The summed E-state index contributed by atoms with van der Waals surface area (Å²) < 4.78 is 24.0. The number of nitrogens with one attached hydrogen (secondary N) is 1. The van der Waals surface area contributed by atoms with E-state index in [1.54, 1.807) is 0 Å². The highest BCUT2D eigenvalue weighted by molar-refractivity contribution is 7.88. The standard InChI is InChI=1S/C8H18N2O2S/c1-10-7-3-4-8(10)5-6-9-13(2,11)12/h8-9H,3-7H2,1-2H3. The van der Waals surface area contributed by atoms with E-state index < -0.39 is 10.0 Å². The summed E-state index contributed by atoms with van der Waals surface area (Å²) in [5, 5.41) is 0. The molecule has 1 saturated heterocycles. The van der Waals surface area contributed by atoms with Gasteiger partial charge in [-0.1, -0.05) is 0 Å². The van der Waals surface area contributed by atoms with E-state index in [0.717, 1.165) is 13.0 Å². The van der Waals surface area contributed by atoms with Gasteiger partial charge in [-0.05, 0) is 32.9 Å². The molecular formula is C8H18N2O2S. The number of hydrogen-bond acceptors (Lipinski definition) is 3. The van der Waals surface area contributed by atoms with Crippen LogP contribution < -0.4 is 4.72 Å². The lowest BCUT2D eigenvalue weighted by atomic mass is 10.1. The highest BCUT2D eigenvalue weighted by atomic mass is 32.2. The van der Waals surface area contributed by atoms with Gasteiger partial charge in [-0.2, -0.15) is 0 Å². The van der Waals surface area contributed by atoms with Gasteiger partial charge in [0.2, 0.25) is 10.0 Å². The predicted octanol–water partition coefficient (Wildman–Crippen LogP) is 0.0199. The maximum absolute atomic E-state index is 10.8. The summed E-state index contributed by atoms with van der Waals surface area (Å²) >= 11 is 0. The summed E-state index contributed by atoms with van der Waals surface area (Å²) in [7, 11) is -0.906. The van der Waals surface area contributed by atoms with Gasteiger partial charge in [0, 0.05) is 12.6 Å². The smallest absolute Gasteiger partial charge is 0.208 e. The first-order valence-corrected chi connectivity index (χ1v) is 6.53. The van der Waals surface area contributed by atoms with Gasteiger partial charge < -0.3 is 4.90 Å². The van der Waals surface area contributed by atoms with Crippen molar-refractivity contribution < 1.29 is 8.42 Å². The molecule has 0 bridgehead atoms. The molecule has 0 spiro atoms. The Morgan fingerprint density at radius 3 is 2.69 bits per heavy atom. The summed E-state index contributed by atoms with van der Waals surface area (Å²) in [6.45, 7) is 1.71. The summed E-state index contributed by atoms with van der Waals surface area (Å²) in [5.74, 6) is 0. The van der Waals surface area contributed by atoms with Crippen LogP contribution in [0.4, 0.5) is 0 Å². The van der Waals surface area contributed by atoms with Crippen molar-refractivity contribution in [1.29, 1.82) is 0 Å². The third-order valence-corrected chi connectivity index (χ3v) is 3.24. The molecule has 1 aliphatic rings. The molecule has 1 aliphatic heterocycles. The zero-order valence-electron chi connectivity index (χ0n) is 8.28. The first-order valence-electron chi connectivity index (χ1n) is 4.64. The van der Waals surface area contributed by atoms with Gasteiger partial charge in [0.25, 0.3) is 0 Å². The molecule has 0 amide bonds. The Morgan fingerprint density at radius 2 is 2.23 bits per heavy atom. The minimum absolute atomic E-state index is 0.563. The van der Waals surface area contributed by atoms with Crippen molar-refractivity contribution in [3.63, 3.8) is 0 Å². The topological polar surface area (TPSA) is 49.4 Å². The van der Waals surface area contributed by atoms with Crippen molar-refractivity contribution in [3.05, 3.63) is 0 Å². The SMILES string of the molecule is CN1CCCC1CCNS(C)(=O)=O. The minimum Gasteiger partial charge on any atom is -0.303 e. The summed E-state index contributed by atoms with van der Waals surface area (Å²) in [6.07, 6.45) is 4.55. The van der Waals surface area contributed by atoms with Crippen molar-refractivity contribution >= 4 is 10.0 Å². The summed E-state index contributed by atoms with van der Waals surface area (Å²) in [6, 6.07) is 0.564. The van der Waals surface area contributed by atoms with E-state index >= 15 is 0 Å². The van der Waals surface area contributed by atoms with Crippen LogP contribution in [0, 0.1) is 0 Å². The molecule has 78 valence electrons. The van der Waals surface area contributed by atoms with Gasteiger partial charge in [-0.15, -0.1) is 0 Å². The normalized spacial score (nSPS) is 25.2. The lowest BCUT2D eigenvalue weighted by Crippen LogP contribution is -2.31. The fraction of sp³-hybridized carbons (Fsp3) is 1.00. The van der Waals surface area contributed by atoms with Gasteiger partial charge >= 0.3 is 0 Å². The molecule has 0 aromatic heterocycles. The molecule has 5 heteroatoms. The summed E-state index contributed by atoms with van der Waals surface area (Å²) in [4.78, 5) is 2.30. The van der Waals surface area contributed by atoms with Crippen molar-refractivity contribution in [2.24, 2.45) is 0 Å². The monoisotopic (exact) mass is 206 g/mol. The number of likely N-dealkylation sites (tertiary alicyclic amines) is 1. The summed E-state index contributed by atoms with van der Waals surface area (Å²) in [5.41, 5.74) is 0. The van der Waals surface area contributed by atoms with Crippen LogP contribution in [-0.2, 0) is 10.0 Å². The van der Waals surface area contributed by atoms with Crippen molar-refractivity contribution in [3.8, 4) is 0 Å². The van der Waals surface area contributed by atoms with Crippen molar-refractivity contribution in [2.45, 2.75) is 25.3 Å². The fourth-order valence-electron chi connectivity index (χ4n) is 1.75. The van der Waals surface area contributed by atoms with E-state index in [-0.39, 0.29) is 0 Å². The molecule has 0 radical (unpaired) electrons. The predicted molar refractivity (Wildman–Crippen MR) is 53.1 cm³/mol. The Labute approximate surface area is 80.4 Å². The maximum atomic E-state index is 10.8. The van der Waals surface area contributed by atoms with Crippen LogP contribution in [0.1, 0.15) is 19.3 Å².